The second kappa shape index (κ2) is 8.24. The smallest absolute Gasteiger partial charge is 0.0945 e. The van der Waals surface area contributed by atoms with Gasteiger partial charge in [0.25, 0.3) is 0 Å². The molecule has 1 aliphatic heterocycles. The molecule has 3 rings (SSSR count). The summed E-state index contributed by atoms with van der Waals surface area (Å²) in [7, 11) is 0. The SMILES string of the molecule is C[C@@H](CCCc1ccoc1)C[C@@H](O)C[C@@]1(C)O[C@@H]1CCc1ccoc1. The first-order valence-electron chi connectivity index (χ1n) is 9.43. The van der Waals surface area contributed by atoms with Crippen molar-refractivity contribution in [3.8, 4) is 0 Å². The van der Waals surface area contributed by atoms with Crippen LogP contribution in [0.5, 0.6) is 0 Å². The second-order valence-electron chi connectivity index (χ2n) is 7.81. The van der Waals surface area contributed by atoms with E-state index in [0.29, 0.717) is 5.92 Å². The van der Waals surface area contributed by atoms with E-state index in [1.807, 2.05) is 18.4 Å². The van der Waals surface area contributed by atoms with Gasteiger partial charge in [0, 0.05) is 6.42 Å². The van der Waals surface area contributed by atoms with Crippen LogP contribution in [0.2, 0.25) is 0 Å². The Bertz CT molecular complexity index is 604. The van der Waals surface area contributed by atoms with Gasteiger partial charge >= 0.3 is 0 Å². The summed E-state index contributed by atoms with van der Waals surface area (Å²) in [5.41, 5.74) is 2.32. The number of furan rings is 2. The van der Waals surface area contributed by atoms with Gasteiger partial charge in [0.2, 0.25) is 0 Å². The molecule has 0 aromatic carbocycles. The highest BCUT2D eigenvalue weighted by Crippen LogP contribution is 2.43. The van der Waals surface area contributed by atoms with Gasteiger partial charge in [-0.3, -0.25) is 0 Å². The van der Waals surface area contributed by atoms with Gasteiger partial charge < -0.3 is 18.7 Å². The zero-order chi connectivity index (χ0) is 17.7. The van der Waals surface area contributed by atoms with E-state index in [1.165, 1.54) is 11.1 Å². The van der Waals surface area contributed by atoms with Crippen LogP contribution in [0.15, 0.2) is 46.0 Å². The molecule has 0 aliphatic carbocycles. The van der Waals surface area contributed by atoms with E-state index in [4.69, 9.17) is 13.6 Å². The summed E-state index contributed by atoms with van der Waals surface area (Å²) in [6.45, 7) is 4.35. The van der Waals surface area contributed by atoms with E-state index in [2.05, 4.69) is 13.8 Å². The third-order valence-electron chi connectivity index (χ3n) is 5.37. The van der Waals surface area contributed by atoms with Gasteiger partial charge in [-0.25, -0.2) is 0 Å². The summed E-state index contributed by atoms with van der Waals surface area (Å²) in [6, 6.07) is 4.02. The lowest BCUT2D eigenvalue weighted by atomic mass is 9.90. The number of epoxide rings is 1. The standard InChI is InChI=1S/C21H30O4/c1-16(4-3-5-17-8-10-23-14-17)12-19(22)13-21(2)20(25-21)7-6-18-9-11-24-15-18/h8-11,14-16,19-20,22H,3-7,12-13H2,1-2H3/t16-,19+,20+,21+/m0/s1. The molecule has 0 amide bonds. The van der Waals surface area contributed by atoms with Crippen molar-refractivity contribution in [2.75, 3.05) is 0 Å². The van der Waals surface area contributed by atoms with Crippen LogP contribution >= 0.6 is 0 Å². The van der Waals surface area contributed by atoms with Crippen molar-refractivity contribution in [2.45, 2.75) is 76.6 Å². The number of aliphatic hydroxyl groups is 1. The third-order valence-corrected chi connectivity index (χ3v) is 5.37. The maximum Gasteiger partial charge on any atom is 0.0945 e. The zero-order valence-electron chi connectivity index (χ0n) is 15.3. The molecule has 1 saturated heterocycles. The maximum atomic E-state index is 10.4. The molecule has 2 aromatic rings. The molecule has 1 aliphatic rings. The molecule has 2 aromatic heterocycles. The monoisotopic (exact) mass is 346 g/mol. The molecule has 1 N–H and O–H groups in total. The highest BCUT2D eigenvalue weighted by molar-refractivity contribution is 5.08. The summed E-state index contributed by atoms with van der Waals surface area (Å²) in [5, 5.41) is 10.4. The van der Waals surface area contributed by atoms with Gasteiger partial charge in [0.15, 0.2) is 0 Å². The average Bonchev–Trinajstić information content (AvgIpc) is 3.00. The largest absolute Gasteiger partial charge is 0.472 e. The van der Waals surface area contributed by atoms with Gasteiger partial charge in [-0.15, -0.1) is 0 Å². The Labute approximate surface area is 150 Å². The van der Waals surface area contributed by atoms with Crippen LogP contribution in [-0.4, -0.2) is 22.9 Å². The van der Waals surface area contributed by atoms with E-state index < -0.39 is 0 Å². The lowest BCUT2D eigenvalue weighted by Crippen LogP contribution is -2.22. The molecule has 0 unspecified atom stereocenters. The highest BCUT2D eigenvalue weighted by atomic mass is 16.6. The van der Waals surface area contributed by atoms with Crippen molar-refractivity contribution in [3.05, 3.63) is 48.3 Å². The van der Waals surface area contributed by atoms with Crippen LogP contribution in [0.4, 0.5) is 0 Å². The summed E-state index contributed by atoms with van der Waals surface area (Å²) >= 11 is 0. The number of aryl methyl sites for hydroxylation is 2. The minimum Gasteiger partial charge on any atom is -0.472 e. The van der Waals surface area contributed by atoms with Crippen molar-refractivity contribution in [2.24, 2.45) is 5.92 Å². The van der Waals surface area contributed by atoms with E-state index >= 15 is 0 Å². The summed E-state index contributed by atoms with van der Waals surface area (Å²) in [5.74, 6) is 0.522. The van der Waals surface area contributed by atoms with Crippen LogP contribution in [-0.2, 0) is 17.6 Å². The molecule has 4 atom stereocenters. The van der Waals surface area contributed by atoms with Crippen LogP contribution in [0, 0.1) is 5.92 Å². The molecule has 4 nitrogen and oxygen atoms in total. The first-order valence-corrected chi connectivity index (χ1v) is 9.43. The zero-order valence-corrected chi connectivity index (χ0v) is 15.3. The first-order chi connectivity index (χ1) is 12.0. The Morgan fingerprint density at radius 1 is 1.12 bits per heavy atom. The quantitative estimate of drug-likeness (QED) is 0.596. The lowest BCUT2D eigenvalue weighted by Gasteiger charge is -2.18. The van der Waals surface area contributed by atoms with Gasteiger partial charge in [0.05, 0.1) is 42.9 Å². The molecule has 1 fully saturated rings. The van der Waals surface area contributed by atoms with Crippen molar-refractivity contribution in [3.63, 3.8) is 0 Å². The number of hydrogen-bond acceptors (Lipinski definition) is 4. The van der Waals surface area contributed by atoms with Crippen molar-refractivity contribution < 1.29 is 18.7 Å². The van der Waals surface area contributed by atoms with E-state index in [0.717, 1.165) is 44.9 Å². The fourth-order valence-electron chi connectivity index (χ4n) is 3.79. The Kier molecular flexibility index (Phi) is 6.02. The van der Waals surface area contributed by atoms with E-state index in [1.54, 1.807) is 18.8 Å². The molecule has 25 heavy (non-hydrogen) atoms. The highest BCUT2D eigenvalue weighted by Gasteiger charge is 2.52. The molecule has 3 heterocycles. The molecule has 0 radical (unpaired) electrons. The van der Waals surface area contributed by atoms with Crippen LogP contribution in [0.3, 0.4) is 0 Å². The number of rotatable bonds is 11. The molecule has 138 valence electrons. The summed E-state index contributed by atoms with van der Waals surface area (Å²) in [4.78, 5) is 0. The van der Waals surface area contributed by atoms with E-state index in [9.17, 15) is 5.11 Å². The fourth-order valence-corrected chi connectivity index (χ4v) is 3.79. The molecule has 4 heteroatoms. The molecular formula is C21H30O4. The number of ether oxygens (including phenoxy) is 1. The summed E-state index contributed by atoms with van der Waals surface area (Å²) in [6.07, 6.45) is 13.9. The Hall–Kier alpha value is -1.52. The van der Waals surface area contributed by atoms with Gasteiger partial charge in [0.1, 0.15) is 0 Å². The topological polar surface area (TPSA) is 59.0 Å². The van der Waals surface area contributed by atoms with Crippen molar-refractivity contribution in [1.82, 2.24) is 0 Å². The lowest BCUT2D eigenvalue weighted by molar-refractivity contribution is 0.105. The average molecular weight is 346 g/mol. The summed E-state index contributed by atoms with van der Waals surface area (Å²) < 4.78 is 16.1. The van der Waals surface area contributed by atoms with Crippen molar-refractivity contribution >= 4 is 0 Å². The Morgan fingerprint density at radius 3 is 2.44 bits per heavy atom. The molecule has 0 saturated carbocycles. The van der Waals surface area contributed by atoms with Gasteiger partial charge in [-0.05, 0) is 68.2 Å². The molecule has 0 bridgehead atoms. The van der Waals surface area contributed by atoms with Gasteiger partial charge in [-0.2, -0.15) is 0 Å². The Morgan fingerprint density at radius 2 is 1.80 bits per heavy atom. The first kappa shape index (κ1) is 18.3. The third kappa shape index (κ3) is 5.48. The predicted molar refractivity (Wildman–Crippen MR) is 96.4 cm³/mol. The van der Waals surface area contributed by atoms with Crippen molar-refractivity contribution in [1.29, 1.82) is 0 Å². The number of hydrogen-bond donors (Lipinski definition) is 1. The maximum absolute atomic E-state index is 10.4. The normalized spacial score (nSPS) is 25.0. The molecule has 0 spiro atoms. The minimum atomic E-state index is -0.284. The van der Waals surface area contributed by atoms with Crippen LogP contribution in [0.25, 0.3) is 0 Å². The number of aliphatic hydroxyl groups excluding tert-OH is 1. The van der Waals surface area contributed by atoms with E-state index in [-0.39, 0.29) is 17.8 Å². The Balaban J connectivity index is 1.31. The predicted octanol–water partition coefficient (Wildman–Crippen LogP) is 4.76. The van der Waals surface area contributed by atoms with Crippen LogP contribution in [0.1, 0.15) is 57.1 Å². The fraction of sp³-hybridized carbons (Fsp3) is 0.619. The minimum absolute atomic E-state index is 0.153. The second-order valence-corrected chi connectivity index (χ2v) is 7.81. The van der Waals surface area contributed by atoms with Crippen LogP contribution < -0.4 is 0 Å². The molecular weight excluding hydrogens is 316 g/mol. The van der Waals surface area contributed by atoms with Gasteiger partial charge in [-0.1, -0.05) is 13.3 Å².